The maximum atomic E-state index is 5.63. The van der Waals surface area contributed by atoms with Crippen molar-refractivity contribution in [1.29, 1.82) is 0 Å². The van der Waals surface area contributed by atoms with Gasteiger partial charge in [0, 0.05) is 44.8 Å². The van der Waals surface area contributed by atoms with E-state index in [-0.39, 0.29) is 5.41 Å². The predicted octanol–water partition coefficient (Wildman–Crippen LogP) is 11.6. The van der Waals surface area contributed by atoms with Crippen LogP contribution in [0.25, 0.3) is 49.2 Å². The van der Waals surface area contributed by atoms with Crippen LogP contribution in [0.2, 0.25) is 0 Å². The Labute approximate surface area is 311 Å². The van der Waals surface area contributed by atoms with E-state index in [9.17, 15) is 0 Å². The van der Waals surface area contributed by atoms with Gasteiger partial charge in [0.25, 0.3) is 0 Å². The minimum absolute atomic E-state index is 0.169. The van der Waals surface area contributed by atoms with Gasteiger partial charge >= 0.3 is 0 Å². The van der Waals surface area contributed by atoms with Crippen molar-refractivity contribution in [3.8, 4) is 11.1 Å². The summed E-state index contributed by atoms with van der Waals surface area (Å²) in [5.41, 5.74) is 23.9. The molecule has 4 aromatic heterocycles. The summed E-state index contributed by atoms with van der Waals surface area (Å²) in [6, 6.07) is 5.26. The molecule has 6 fully saturated rings. The lowest BCUT2D eigenvalue weighted by atomic mass is 9.56. The lowest BCUT2D eigenvalue weighted by Crippen LogP contribution is -2.41. The van der Waals surface area contributed by atoms with E-state index in [1.807, 2.05) is 0 Å². The van der Waals surface area contributed by atoms with Gasteiger partial charge in [-0.3, -0.25) is 9.97 Å². The highest BCUT2D eigenvalue weighted by molar-refractivity contribution is 6.28. The number of pyridine rings is 2. The van der Waals surface area contributed by atoms with Crippen molar-refractivity contribution in [3.63, 3.8) is 0 Å². The third-order valence-electron chi connectivity index (χ3n) is 19.6. The first-order valence-electron chi connectivity index (χ1n) is 22.0. The van der Waals surface area contributed by atoms with E-state index < -0.39 is 0 Å². The summed E-state index contributed by atoms with van der Waals surface area (Å²) in [5, 5.41) is 6.58. The SMILES string of the molecule is CC(C)(C)c1cc2c3c(c1)CCc1c-3c(c3c4c5c(ncc4n4c6cnc7c(c6c1c34)C1CC3CC4CC7CC43C1)C1CC3CC4CC5CC34C1)CC2. The molecule has 3 heteroatoms. The first kappa shape index (κ1) is 28.0. The highest BCUT2D eigenvalue weighted by Gasteiger charge is 2.67. The molecule has 10 aliphatic rings. The lowest BCUT2D eigenvalue weighted by molar-refractivity contribution is 0.00321. The maximum Gasteiger partial charge on any atom is 0.0728 e. The number of aromatic nitrogens is 3. The summed E-state index contributed by atoms with van der Waals surface area (Å²) in [6.07, 6.45) is 23.8. The van der Waals surface area contributed by atoms with Gasteiger partial charge in [-0.15, -0.1) is 0 Å². The number of aryl methyl sites for hydroxylation is 4. The van der Waals surface area contributed by atoms with Crippen molar-refractivity contribution in [2.75, 3.05) is 0 Å². The summed E-state index contributed by atoms with van der Waals surface area (Å²) in [7, 11) is 0. The smallest absolute Gasteiger partial charge is 0.0728 e. The molecule has 264 valence electrons. The maximum absolute atomic E-state index is 5.63. The van der Waals surface area contributed by atoms with E-state index in [0.717, 1.165) is 23.7 Å². The molecule has 0 aliphatic heterocycles. The molecule has 6 bridgehead atoms. The summed E-state index contributed by atoms with van der Waals surface area (Å²) in [5.74, 6) is 6.62. The predicted molar refractivity (Wildman–Crippen MR) is 212 cm³/mol. The van der Waals surface area contributed by atoms with Crippen LogP contribution in [0, 0.1) is 34.5 Å². The van der Waals surface area contributed by atoms with Crippen LogP contribution in [0.4, 0.5) is 0 Å². The quantitative estimate of drug-likeness (QED) is 0.159. The molecule has 10 aliphatic carbocycles. The van der Waals surface area contributed by atoms with Crippen LogP contribution in [-0.2, 0) is 31.1 Å². The molecule has 6 saturated carbocycles. The van der Waals surface area contributed by atoms with Crippen LogP contribution in [0.1, 0.15) is 159 Å². The Morgan fingerprint density at radius 2 is 1.04 bits per heavy atom. The molecular weight excluding hydrogens is 643 g/mol. The van der Waals surface area contributed by atoms with Crippen LogP contribution >= 0.6 is 0 Å². The monoisotopic (exact) mass is 691 g/mol. The molecule has 0 amide bonds. The fraction of sp³-hybridized carbons (Fsp3) is 0.560. The highest BCUT2D eigenvalue weighted by atomic mass is 15.0. The normalized spacial score (nSPS) is 38.3. The van der Waals surface area contributed by atoms with E-state index in [1.54, 1.807) is 71.6 Å². The van der Waals surface area contributed by atoms with Gasteiger partial charge in [-0.25, -0.2) is 0 Å². The van der Waals surface area contributed by atoms with E-state index in [1.165, 1.54) is 118 Å². The van der Waals surface area contributed by atoms with Gasteiger partial charge in [0.15, 0.2) is 0 Å². The van der Waals surface area contributed by atoms with Gasteiger partial charge in [0.1, 0.15) is 0 Å². The molecule has 10 unspecified atom stereocenters. The van der Waals surface area contributed by atoms with E-state index in [4.69, 9.17) is 9.97 Å². The highest BCUT2D eigenvalue weighted by Crippen LogP contribution is 2.78. The molecule has 2 aromatic carbocycles. The molecule has 0 N–H and O–H groups in total. The van der Waals surface area contributed by atoms with E-state index in [0.29, 0.717) is 34.5 Å². The fourth-order valence-electron chi connectivity index (χ4n) is 17.8. The molecule has 53 heavy (non-hydrogen) atoms. The van der Waals surface area contributed by atoms with E-state index in [2.05, 4.69) is 49.7 Å². The lowest BCUT2D eigenvalue weighted by Gasteiger charge is -2.48. The summed E-state index contributed by atoms with van der Waals surface area (Å²) in [4.78, 5) is 11.3. The van der Waals surface area contributed by atoms with Crippen molar-refractivity contribution >= 4 is 38.1 Å². The van der Waals surface area contributed by atoms with Gasteiger partial charge < -0.3 is 4.40 Å². The Morgan fingerprint density at radius 1 is 0.566 bits per heavy atom. The molecule has 2 spiro atoms. The van der Waals surface area contributed by atoms with E-state index >= 15 is 0 Å². The number of fused-ring (bicyclic) bond motifs is 20. The van der Waals surface area contributed by atoms with Crippen LogP contribution < -0.4 is 0 Å². The Morgan fingerprint density at radius 3 is 1.53 bits per heavy atom. The van der Waals surface area contributed by atoms with Crippen LogP contribution in [0.5, 0.6) is 0 Å². The second-order valence-electron chi connectivity index (χ2n) is 22.1. The number of rotatable bonds is 0. The second kappa shape index (κ2) is 8.22. The van der Waals surface area contributed by atoms with Crippen molar-refractivity contribution in [2.24, 2.45) is 34.5 Å². The average molecular weight is 692 g/mol. The molecule has 0 saturated heterocycles. The van der Waals surface area contributed by atoms with Crippen molar-refractivity contribution < 1.29 is 0 Å². The first-order valence-corrected chi connectivity index (χ1v) is 22.0. The van der Waals surface area contributed by atoms with Crippen molar-refractivity contribution in [1.82, 2.24) is 14.4 Å². The van der Waals surface area contributed by atoms with Gasteiger partial charge in [0.05, 0.1) is 28.9 Å². The summed E-state index contributed by atoms with van der Waals surface area (Å²) in [6.45, 7) is 7.24. The standard InChI is InChI=1S/C50H49N3/c1-48(2,3)28-8-22-4-6-33-40-34(7-5-23(9-28)37(22)40)42-44-36(21-52-46-27-13-32-15-30-11-25(39(44)46)17-50(30,32)19-27)53-35-20-51-45-26-12-31-14-29-10-24(16-49(29,31)18-26)38(45)43(35)41(33)47(42)53/h8-9,20-21,24-27,29-32H,4-7,10-19H2,1-3H3. The Balaban J connectivity index is 1.10. The molecule has 16 rings (SSSR count). The largest absolute Gasteiger partial charge is 0.305 e. The fourth-order valence-corrected chi connectivity index (χ4v) is 17.8. The van der Waals surface area contributed by atoms with Gasteiger partial charge in [-0.05, 0) is 192 Å². The Bertz CT molecular complexity index is 2640. The van der Waals surface area contributed by atoms with Crippen LogP contribution in [-0.4, -0.2) is 14.4 Å². The van der Waals surface area contributed by atoms with Crippen LogP contribution in [0.15, 0.2) is 24.5 Å². The number of nitrogens with zero attached hydrogens (tertiary/aromatic N) is 3. The minimum atomic E-state index is 0.169. The Kier molecular flexibility index (Phi) is 4.34. The molecule has 3 nitrogen and oxygen atoms in total. The zero-order valence-corrected chi connectivity index (χ0v) is 31.7. The van der Waals surface area contributed by atoms with Crippen molar-refractivity contribution in [2.45, 2.75) is 140 Å². The van der Waals surface area contributed by atoms with Crippen LogP contribution in [0.3, 0.4) is 0 Å². The zero-order valence-electron chi connectivity index (χ0n) is 31.7. The summed E-state index contributed by atoms with van der Waals surface area (Å²) < 4.78 is 2.78. The Hall–Kier alpha value is -3.46. The molecular formula is C50H49N3. The first-order chi connectivity index (χ1) is 25.8. The number of benzene rings is 2. The summed E-state index contributed by atoms with van der Waals surface area (Å²) >= 11 is 0. The van der Waals surface area contributed by atoms with Crippen molar-refractivity contribution in [3.05, 3.63) is 74.9 Å². The van der Waals surface area contributed by atoms with Gasteiger partial charge in [0.2, 0.25) is 0 Å². The molecule has 4 heterocycles. The molecule has 10 atom stereocenters. The molecule has 6 aromatic rings. The number of hydrogen-bond acceptors (Lipinski definition) is 2. The third-order valence-corrected chi connectivity index (χ3v) is 19.6. The minimum Gasteiger partial charge on any atom is -0.305 e. The third kappa shape index (κ3) is 2.78. The topological polar surface area (TPSA) is 30.2 Å². The van der Waals surface area contributed by atoms with Gasteiger partial charge in [-0.1, -0.05) is 32.9 Å². The average Bonchev–Trinajstić information content (AvgIpc) is 3.93. The second-order valence-corrected chi connectivity index (χ2v) is 22.1. The number of hydrogen-bond donors (Lipinski definition) is 0. The molecule has 0 radical (unpaired) electrons. The van der Waals surface area contributed by atoms with Gasteiger partial charge in [-0.2, -0.15) is 0 Å². The zero-order chi connectivity index (χ0) is 34.2.